The molecule has 2 aromatic rings. The molecular weight excluding hydrogens is 656 g/mol. The van der Waals surface area contributed by atoms with E-state index in [1.807, 2.05) is 62.3 Å². The van der Waals surface area contributed by atoms with Gasteiger partial charge in [0.2, 0.25) is 18.2 Å². The zero-order valence-corrected chi connectivity index (χ0v) is 30.4. The number of nitrogens with one attached hydrogen (secondary N) is 1. The van der Waals surface area contributed by atoms with Crippen LogP contribution >= 0.6 is 11.6 Å². The standard InChI is InChI=1S/C22H21ClF4N6O3.C5H12O.3C2H6/c23-15-9-13(24)1-2-14(15)21(3-4-21)20-28-19(36-30-20)16-10-17(22(25,26)27)33(29-16)11-18(35)32-7-5-31(12-34)6-8-32;1-5(2,3)6-4;3*1-2/h1-2,9-10,12,16,29H,3-8,11H2;1-4H3;3*1-2H3. The molecule has 1 aromatic carbocycles. The predicted octanol–water partition coefficient (Wildman–Crippen LogP) is 7.06. The highest BCUT2D eigenvalue weighted by molar-refractivity contribution is 6.31. The van der Waals surface area contributed by atoms with Crippen LogP contribution in [0.4, 0.5) is 17.6 Å². The number of aromatic nitrogens is 2. The Kier molecular flexibility index (Phi) is 17.0. The van der Waals surface area contributed by atoms with Crippen LogP contribution < -0.4 is 5.43 Å². The molecule has 3 aliphatic rings. The van der Waals surface area contributed by atoms with Gasteiger partial charge in [-0.1, -0.05) is 64.4 Å². The molecule has 1 saturated carbocycles. The van der Waals surface area contributed by atoms with Crippen molar-refractivity contribution in [3.05, 3.63) is 58.1 Å². The lowest BCUT2D eigenvalue weighted by Gasteiger charge is -2.34. The predicted molar refractivity (Wildman–Crippen MR) is 177 cm³/mol. The van der Waals surface area contributed by atoms with Crippen LogP contribution in [0.2, 0.25) is 5.02 Å². The molecule has 0 spiro atoms. The fourth-order valence-corrected chi connectivity index (χ4v) is 4.86. The van der Waals surface area contributed by atoms with E-state index in [-0.39, 0.29) is 35.4 Å². The van der Waals surface area contributed by atoms with Crippen LogP contribution in [0.25, 0.3) is 0 Å². The Bertz CT molecular complexity index is 1320. The fraction of sp³-hybridized carbons (Fsp3) is 0.636. The lowest BCUT2D eigenvalue weighted by atomic mass is 9.95. The number of piperazine rings is 1. The normalized spacial score (nSPS) is 18.0. The van der Waals surface area contributed by atoms with Gasteiger partial charge in [0.15, 0.2) is 5.82 Å². The Morgan fingerprint density at radius 2 is 1.65 bits per heavy atom. The molecule has 3 heterocycles. The van der Waals surface area contributed by atoms with Gasteiger partial charge in [0.25, 0.3) is 0 Å². The van der Waals surface area contributed by atoms with Gasteiger partial charge in [0, 0.05) is 38.3 Å². The zero-order chi connectivity index (χ0) is 36.9. The molecule has 2 amide bonds. The van der Waals surface area contributed by atoms with Gasteiger partial charge in [0.1, 0.15) is 24.1 Å². The van der Waals surface area contributed by atoms with E-state index in [1.54, 1.807) is 13.2 Å². The van der Waals surface area contributed by atoms with Gasteiger partial charge in [0.05, 0.1) is 11.0 Å². The highest BCUT2D eigenvalue weighted by atomic mass is 35.5. The monoisotopic (exact) mass is 706 g/mol. The lowest BCUT2D eigenvalue weighted by Crippen LogP contribution is -2.52. The second-order valence-corrected chi connectivity index (χ2v) is 11.7. The lowest BCUT2D eigenvalue weighted by molar-refractivity contribution is -0.139. The number of methoxy groups -OCH3 is 1. The summed E-state index contributed by atoms with van der Waals surface area (Å²) in [4.78, 5) is 30.8. The molecule has 1 aliphatic carbocycles. The van der Waals surface area contributed by atoms with E-state index < -0.39 is 41.6 Å². The maximum atomic E-state index is 13.8. The van der Waals surface area contributed by atoms with Gasteiger partial charge in [-0.05, 0) is 57.4 Å². The number of carbonyl (C=O) groups is 2. The molecule has 15 heteroatoms. The molecule has 1 unspecified atom stereocenters. The smallest absolute Gasteiger partial charge is 0.379 e. The molecule has 2 fully saturated rings. The third kappa shape index (κ3) is 11.4. The number of halogens is 5. The average Bonchev–Trinajstić information content (AvgIpc) is 3.49. The van der Waals surface area contributed by atoms with Gasteiger partial charge in [-0.3, -0.25) is 14.6 Å². The number of carbonyl (C=O) groups excluding carboxylic acids is 2. The molecule has 0 radical (unpaired) electrons. The average molecular weight is 707 g/mol. The number of hydrazine groups is 1. The van der Waals surface area contributed by atoms with Crippen molar-refractivity contribution in [2.24, 2.45) is 0 Å². The number of hydrogen-bond donors (Lipinski definition) is 1. The molecule has 1 saturated heterocycles. The Morgan fingerprint density at radius 3 is 2.10 bits per heavy atom. The Hall–Kier alpha value is -3.23. The first kappa shape index (κ1) is 42.8. The van der Waals surface area contributed by atoms with Crippen LogP contribution in [0.15, 0.2) is 34.5 Å². The minimum atomic E-state index is -4.74. The van der Waals surface area contributed by atoms with Crippen molar-refractivity contribution in [1.29, 1.82) is 0 Å². The molecular formula is C33H51ClF4N6O4. The van der Waals surface area contributed by atoms with E-state index in [9.17, 15) is 27.2 Å². The van der Waals surface area contributed by atoms with E-state index in [0.29, 0.717) is 37.9 Å². The largest absolute Gasteiger partial charge is 0.432 e. The molecule has 10 nitrogen and oxygen atoms in total. The highest BCUT2D eigenvalue weighted by Gasteiger charge is 2.52. The van der Waals surface area contributed by atoms with Crippen molar-refractivity contribution in [2.75, 3.05) is 39.8 Å². The van der Waals surface area contributed by atoms with Crippen molar-refractivity contribution in [3.63, 3.8) is 0 Å². The summed E-state index contributed by atoms with van der Waals surface area (Å²) in [6.07, 6.45) is -1.93. The Labute approximate surface area is 286 Å². The quantitative estimate of drug-likeness (QED) is 0.252. The number of benzene rings is 1. The van der Waals surface area contributed by atoms with Crippen LogP contribution in [0.3, 0.4) is 0 Å². The SMILES string of the molecule is CC.CC.CC.COC(C)(C)C.O=CN1CCN(C(=O)CN2NC(c3nc(C4(c5ccc(F)cc5Cl)CC4)no3)C=C2C(F)(F)F)CC1. The second-order valence-electron chi connectivity index (χ2n) is 11.2. The number of alkyl halides is 3. The van der Waals surface area contributed by atoms with Crippen LogP contribution in [-0.4, -0.2) is 88.9 Å². The minimum absolute atomic E-state index is 0.0417. The number of ether oxygens (including phenoxy) is 1. The molecule has 1 atom stereocenters. The third-order valence-electron chi connectivity index (χ3n) is 7.25. The van der Waals surface area contributed by atoms with E-state index in [4.69, 9.17) is 20.9 Å². The van der Waals surface area contributed by atoms with E-state index in [0.717, 1.165) is 11.1 Å². The van der Waals surface area contributed by atoms with Crippen molar-refractivity contribution in [2.45, 2.75) is 98.4 Å². The van der Waals surface area contributed by atoms with Crippen LogP contribution in [0.1, 0.15) is 98.5 Å². The minimum Gasteiger partial charge on any atom is -0.379 e. The molecule has 2 aliphatic heterocycles. The van der Waals surface area contributed by atoms with Gasteiger partial charge < -0.3 is 19.1 Å². The number of amides is 2. The summed E-state index contributed by atoms with van der Waals surface area (Å²) in [5.41, 5.74) is 1.55. The highest BCUT2D eigenvalue weighted by Crippen LogP contribution is 2.54. The van der Waals surface area contributed by atoms with Crippen LogP contribution in [0.5, 0.6) is 0 Å². The summed E-state index contributed by atoms with van der Waals surface area (Å²) in [6.45, 7) is 18.6. The number of allylic oxidation sites excluding steroid dienone is 1. The van der Waals surface area contributed by atoms with Crippen molar-refractivity contribution < 1.29 is 36.4 Å². The zero-order valence-electron chi connectivity index (χ0n) is 29.7. The first-order chi connectivity index (χ1) is 22.7. The molecule has 272 valence electrons. The summed E-state index contributed by atoms with van der Waals surface area (Å²) < 4.78 is 65.0. The Morgan fingerprint density at radius 1 is 1.08 bits per heavy atom. The van der Waals surface area contributed by atoms with Crippen LogP contribution in [0, 0.1) is 5.82 Å². The van der Waals surface area contributed by atoms with Gasteiger partial charge in [-0.25, -0.2) is 9.82 Å². The van der Waals surface area contributed by atoms with Gasteiger partial charge in [-0.15, -0.1) is 0 Å². The van der Waals surface area contributed by atoms with Crippen LogP contribution in [-0.2, 0) is 19.7 Å². The summed E-state index contributed by atoms with van der Waals surface area (Å²) in [5, 5.41) is 4.91. The molecule has 48 heavy (non-hydrogen) atoms. The second kappa shape index (κ2) is 19.1. The first-order valence-corrected chi connectivity index (χ1v) is 16.7. The molecule has 1 N–H and O–H groups in total. The maximum Gasteiger partial charge on any atom is 0.432 e. The van der Waals surface area contributed by atoms with Gasteiger partial charge in [-0.2, -0.15) is 18.2 Å². The third-order valence-corrected chi connectivity index (χ3v) is 7.57. The summed E-state index contributed by atoms with van der Waals surface area (Å²) in [7, 11) is 1.71. The number of hydrogen-bond acceptors (Lipinski definition) is 8. The number of nitrogens with zero attached hydrogens (tertiary/aromatic N) is 5. The molecule has 0 bridgehead atoms. The van der Waals surface area contributed by atoms with Crippen molar-refractivity contribution in [1.82, 2.24) is 30.4 Å². The summed E-state index contributed by atoms with van der Waals surface area (Å²) in [5.74, 6) is -0.866. The summed E-state index contributed by atoms with van der Waals surface area (Å²) >= 11 is 6.22. The molecule has 5 rings (SSSR count). The first-order valence-electron chi connectivity index (χ1n) is 16.3. The maximum absolute atomic E-state index is 13.8. The Balaban J connectivity index is 0.000000844. The van der Waals surface area contributed by atoms with Gasteiger partial charge >= 0.3 is 6.18 Å². The fourth-order valence-electron chi connectivity index (χ4n) is 4.51. The molecule has 1 aromatic heterocycles. The topological polar surface area (TPSA) is 104 Å². The van der Waals surface area contributed by atoms with Crippen molar-refractivity contribution >= 4 is 23.9 Å². The van der Waals surface area contributed by atoms with Crippen molar-refractivity contribution in [3.8, 4) is 0 Å². The number of rotatable bonds is 6. The van der Waals surface area contributed by atoms with E-state index in [2.05, 4.69) is 15.6 Å². The van der Waals surface area contributed by atoms with E-state index >= 15 is 0 Å². The van der Waals surface area contributed by atoms with E-state index in [1.165, 1.54) is 21.9 Å². The summed E-state index contributed by atoms with van der Waals surface area (Å²) in [6, 6.07) is 2.88.